The van der Waals surface area contributed by atoms with E-state index in [1.54, 1.807) is 36.6 Å². The first-order valence-electron chi connectivity index (χ1n) is 12.7. The molecule has 0 amide bonds. The van der Waals surface area contributed by atoms with Crippen molar-refractivity contribution in [2.45, 2.75) is 25.4 Å². The predicted molar refractivity (Wildman–Crippen MR) is 145 cm³/mol. The van der Waals surface area contributed by atoms with Gasteiger partial charge in [-0.3, -0.25) is 0 Å². The van der Waals surface area contributed by atoms with E-state index in [-0.39, 0.29) is 6.10 Å². The number of benzene rings is 2. The number of imidazole rings is 1. The minimum atomic E-state index is -1.10. The summed E-state index contributed by atoms with van der Waals surface area (Å²) in [4.78, 5) is 11.7. The van der Waals surface area contributed by atoms with Crippen molar-refractivity contribution in [3.63, 3.8) is 0 Å². The van der Waals surface area contributed by atoms with Crippen molar-refractivity contribution in [1.82, 2.24) is 14.6 Å². The average Bonchev–Trinajstić information content (AvgIpc) is 3.61. The first-order chi connectivity index (χ1) is 19.0. The Morgan fingerprint density at radius 1 is 1.15 bits per heavy atom. The van der Waals surface area contributed by atoms with Crippen LogP contribution in [0.5, 0.6) is 5.75 Å². The van der Waals surface area contributed by atoms with Crippen LogP contribution in [0.15, 0.2) is 66.5 Å². The van der Waals surface area contributed by atoms with Gasteiger partial charge in [-0.05, 0) is 43.3 Å². The molecule has 0 bridgehead atoms. The fraction of sp³-hybridized carbons (Fsp3) is 0.423. The van der Waals surface area contributed by atoms with Gasteiger partial charge in [0.15, 0.2) is 0 Å². The van der Waals surface area contributed by atoms with Crippen LogP contribution in [0.4, 0.5) is 5.69 Å². The summed E-state index contributed by atoms with van der Waals surface area (Å²) in [6.07, 6.45) is 4.94. The fourth-order valence-electron chi connectivity index (χ4n) is 4.60. The Morgan fingerprint density at radius 3 is 2.64 bits per heavy atom. The van der Waals surface area contributed by atoms with Crippen LogP contribution in [0.1, 0.15) is 12.5 Å². The zero-order chi connectivity index (χ0) is 27.2. The van der Waals surface area contributed by atoms with Gasteiger partial charge in [0, 0.05) is 41.8 Å². The second-order valence-corrected chi connectivity index (χ2v) is 10.0. The molecule has 2 saturated heterocycles. The largest absolute Gasteiger partial charge is 0.569 e. The fourth-order valence-corrected chi connectivity index (χ4v) is 5.15. The highest BCUT2D eigenvalue weighted by atomic mass is 35.5. The van der Waals surface area contributed by atoms with E-state index >= 15 is 0 Å². The third-order valence-electron chi connectivity index (χ3n) is 6.54. The van der Waals surface area contributed by atoms with Crippen LogP contribution in [-0.4, -0.2) is 71.6 Å². The highest BCUT2D eigenvalue weighted by Crippen LogP contribution is 2.40. The maximum absolute atomic E-state index is 11.9. The molecule has 0 N–H and O–H groups in total. The van der Waals surface area contributed by atoms with Crippen molar-refractivity contribution in [1.29, 1.82) is 0 Å². The number of anilines is 1. The maximum Gasteiger partial charge on any atom is 0.233 e. The van der Waals surface area contributed by atoms with Crippen molar-refractivity contribution in [2.24, 2.45) is 5.28 Å². The lowest BCUT2D eigenvalue weighted by Gasteiger charge is -2.33. The first kappa shape index (κ1) is 27.3. The molecular formula is C26H30Cl2N6O5. The van der Waals surface area contributed by atoms with Crippen LogP contribution in [0.25, 0.3) is 0 Å². The molecule has 0 radical (unpaired) electrons. The highest BCUT2D eigenvalue weighted by molar-refractivity contribution is 6.35. The number of hydrogen-bond acceptors (Lipinski definition) is 8. The van der Waals surface area contributed by atoms with Crippen LogP contribution in [-0.2, 0) is 26.6 Å². The van der Waals surface area contributed by atoms with Gasteiger partial charge >= 0.3 is 0 Å². The third kappa shape index (κ3) is 6.50. The second-order valence-electron chi connectivity index (χ2n) is 9.16. The summed E-state index contributed by atoms with van der Waals surface area (Å²) < 4.78 is 20.6. The maximum atomic E-state index is 11.9. The highest BCUT2D eigenvalue weighted by Gasteiger charge is 2.45. The first-order valence-corrected chi connectivity index (χ1v) is 13.5. The van der Waals surface area contributed by atoms with Gasteiger partial charge < -0.3 is 33.7 Å². The van der Waals surface area contributed by atoms with Crippen LogP contribution in [0.3, 0.4) is 0 Å². The Hall–Kier alpha value is -3.25. The van der Waals surface area contributed by atoms with E-state index in [2.05, 4.69) is 15.2 Å². The molecule has 0 aliphatic carbocycles. The monoisotopic (exact) mass is 576 g/mol. The molecule has 0 spiro atoms. The number of piperazine rings is 1. The van der Waals surface area contributed by atoms with Crippen molar-refractivity contribution < 1.29 is 24.0 Å². The molecule has 208 valence electrons. The molecular weight excluding hydrogens is 547 g/mol. The molecule has 13 heteroatoms. The quantitative estimate of drug-likeness (QED) is 0.198. The van der Waals surface area contributed by atoms with Gasteiger partial charge in [0.2, 0.25) is 11.1 Å². The van der Waals surface area contributed by atoms with Gasteiger partial charge in [-0.25, -0.2) is 4.98 Å². The Bertz CT molecular complexity index is 1250. The van der Waals surface area contributed by atoms with Crippen molar-refractivity contribution in [2.75, 3.05) is 50.9 Å². The Labute approximate surface area is 236 Å². The molecule has 39 heavy (non-hydrogen) atoms. The summed E-state index contributed by atoms with van der Waals surface area (Å²) in [5.41, 5.74) is 1.75. The number of hydrogen-bond donors (Lipinski definition) is 0. The number of halogens is 2. The molecule has 3 heterocycles. The minimum absolute atomic E-state index is 0.303. The van der Waals surface area contributed by atoms with E-state index in [0.717, 1.165) is 11.4 Å². The number of ether oxygens (including phenoxy) is 3. The van der Waals surface area contributed by atoms with Gasteiger partial charge in [0.25, 0.3) is 0 Å². The van der Waals surface area contributed by atoms with E-state index in [1.165, 1.54) is 0 Å². The van der Waals surface area contributed by atoms with Gasteiger partial charge in [0.05, 0.1) is 42.6 Å². The summed E-state index contributed by atoms with van der Waals surface area (Å²) in [6.45, 7) is 5.64. The van der Waals surface area contributed by atoms with E-state index in [1.807, 2.05) is 41.1 Å². The molecule has 2 aromatic carbocycles. The minimum Gasteiger partial charge on any atom is -0.569 e. The summed E-state index contributed by atoms with van der Waals surface area (Å²) >= 11 is 12.7. The van der Waals surface area contributed by atoms with Gasteiger partial charge in [-0.15, -0.1) is 5.01 Å². The third-order valence-corrected chi connectivity index (χ3v) is 7.09. The molecule has 0 unspecified atom stereocenters. The van der Waals surface area contributed by atoms with E-state index in [9.17, 15) is 5.21 Å². The topological polar surface area (TPSA) is 99.7 Å². The number of aromatic nitrogens is 2. The zero-order valence-corrected chi connectivity index (χ0v) is 23.0. The van der Waals surface area contributed by atoms with Gasteiger partial charge in [0.1, 0.15) is 25.1 Å². The molecule has 3 aromatic rings. The van der Waals surface area contributed by atoms with Crippen LogP contribution in [0, 0.1) is 5.21 Å². The molecule has 1 aromatic heterocycles. The van der Waals surface area contributed by atoms with Crippen molar-refractivity contribution in [3.8, 4) is 5.75 Å². The Balaban J connectivity index is 1.18. The molecule has 2 aliphatic heterocycles. The lowest BCUT2D eigenvalue weighted by atomic mass is 10.1. The van der Waals surface area contributed by atoms with Gasteiger partial charge in [-0.1, -0.05) is 29.3 Å². The van der Waals surface area contributed by atoms with Crippen molar-refractivity contribution >= 4 is 28.9 Å². The molecule has 2 aliphatic rings. The number of hydrazine groups is 1. The SMILES string of the molecule is CCO/N=[N+](\[O-])N1CCN(c2ccc(OC[C@H]3CO[C@](Cn4ccnc4)(c4ccc(Cl)cc4Cl)O3)cc2)CC1. The molecule has 5 rings (SSSR count). The lowest BCUT2D eigenvalue weighted by Crippen LogP contribution is -2.48. The Kier molecular flexibility index (Phi) is 8.61. The van der Waals surface area contributed by atoms with E-state index in [4.69, 9.17) is 42.3 Å². The molecule has 2 fully saturated rings. The summed E-state index contributed by atoms with van der Waals surface area (Å²) in [5.74, 6) is -0.378. The predicted octanol–water partition coefficient (Wildman–Crippen LogP) is 4.49. The average molecular weight is 577 g/mol. The van der Waals surface area contributed by atoms with Crippen molar-refractivity contribution in [3.05, 3.63) is 82.0 Å². The Morgan fingerprint density at radius 2 is 1.95 bits per heavy atom. The molecule has 11 nitrogen and oxygen atoms in total. The lowest BCUT2D eigenvalue weighted by molar-refractivity contribution is -0.711. The smallest absolute Gasteiger partial charge is 0.233 e. The number of rotatable bonds is 10. The number of nitrogens with zero attached hydrogens (tertiary/aromatic N) is 6. The molecule has 2 atom stereocenters. The van der Waals surface area contributed by atoms with Crippen LogP contribution >= 0.6 is 23.2 Å². The second kappa shape index (κ2) is 12.3. The summed E-state index contributed by atoms with van der Waals surface area (Å²) in [7, 11) is 0. The molecule has 0 saturated carbocycles. The van der Waals surface area contributed by atoms with Gasteiger partial charge in [-0.2, -0.15) is 0 Å². The summed E-state index contributed by atoms with van der Waals surface area (Å²) in [5, 5.41) is 18.1. The zero-order valence-electron chi connectivity index (χ0n) is 21.5. The van der Waals surface area contributed by atoms with Crippen LogP contribution < -0.4 is 9.64 Å². The normalized spacial score (nSPS) is 21.8. The van der Waals surface area contributed by atoms with Crippen LogP contribution in [0.2, 0.25) is 10.0 Å². The summed E-state index contributed by atoms with van der Waals surface area (Å²) in [6, 6.07) is 13.1. The standard InChI is InChI=1S/C26H30Cl2N6O5/c1-2-38-30-34(35)33-13-11-32(12-14-33)21-4-6-22(7-5-21)36-16-23-17-37-26(39-23,18-31-10-9-29-19-31)24-8-3-20(27)15-25(24)28/h3-10,15,19,23H,2,11-14,16-18H2,1H3/b34-30-/t23-,26-/m0/s1. The van der Waals surface area contributed by atoms with E-state index in [0.29, 0.717) is 73.1 Å². The van der Waals surface area contributed by atoms with E-state index < -0.39 is 5.79 Å².